The molecule has 7 heteroatoms. The molecule has 0 bridgehead atoms. The fourth-order valence-corrected chi connectivity index (χ4v) is 4.14. The summed E-state index contributed by atoms with van der Waals surface area (Å²) >= 11 is 0. The molecular weight excluding hydrogens is 342 g/mol. The zero-order chi connectivity index (χ0) is 19.0. The predicted octanol–water partition coefficient (Wildman–Crippen LogP) is 1.80. The Morgan fingerprint density at radius 1 is 1.19 bits per heavy atom. The fourth-order valence-electron chi connectivity index (χ4n) is 4.14. The minimum absolute atomic E-state index is 0.0614. The molecule has 1 amide bonds. The first kappa shape index (κ1) is 18.1. The van der Waals surface area contributed by atoms with E-state index in [1.165, 1.54) is 5.56 Å². The van der Waals surface area contributed by atoms with Gasteiger partial charge in [0.15, 0.2) is 0 Å². The third kappa shape index (κ3) is 3.61. The Morgan fingerprint density at radius 3 is 2.59 bits per heavy atom. The van der Waals surface area contributed by atoms with Gasteiger partial charge in [0.2, 0.25) is 0 Å². The Balaban J connectivity index is 1.44. The highest BCUT2D eigenvalue weighted by Gasteiger charge is 2.33. The van der Waals surface area contributed by atoms with Gasteiger partial charge in [0.05, 0.1) is 17.9 Å². The molecule has 2 aromatic heterocycles. The van der Waals surface area contributed by atoms with Crippen molar-refractivity contribution in [3.05, 3.63) is 47.0 Å². The lowest BCUT2D eigenvalue weighted by Gasteiger charge is -2.35. The maximum Gasteiger partial charge on any atom is 0.272 e. The van der Waals surface area contributed by atoms with Crippen molar-refractivity contribution in [1.82, 2.24) is 24.6 Å². The summed E-state index contributed by atoms with van der Waals surface area (Å²) in [6.45, 7) is 8.20. The minimum atomic E-state index is -0.0614. The summed E-state index contributed by atoms with van der Waals surface area (Å²) in [6, 6.07) is 4.09. The van der Waals surface area contributed by atoms with Gasteiger partial charge in [-0.25, -0.2) is 0 Å². The second-order valence-corrected chi connectivity index (χ2v) is 7.55. The van der Waals surface area contributed by atoms with Gasteiger partial charge in [0.25, 0.3) is 5.91 Å². The summed E-state index contributed by atoms with van der Waals surface area (Å²) in [7, 11) is 1.86. The molecule has 0 unspecified atom stereocenters. The van der Waals surface area contributed by atoms with Gasteiger partial charge in [-0.1, -0.05) is 0 Å². The maximum atomic E-state index is 13.2. The summed E-state index contributed by atoms with van der Waals surface area (Å²) < 4.78 is 7.61. The second-order valence-electron chi connectivity index (χ2n) is 7.55. The van der Waals surface area contributed by atoms with Crippen molar-refractivity contribution in [2.75, 3.05) is 26.2 Å². The van der Waals surface area contributed by atoms with Crippen molar-refractivity contribution in [1.29, 1.82) is 0 Å². The van der Waals surface area contributed by atoms with Crippen LogP contribution in [0.3, 0.4) is 0 Å². The average Bonchev–Trinajstić information content (AvgIpc) is 2.99. The van der Waals surface area contributed by atoms with Crippen molar-refractivity contribution in [2.24, 2.45) is 7.05 Å². The molecule has 0 N–H and O–H groups in total. The van der Waals surface area contributed by atoms with Crippen LogP contribution in [0.1, 0.15) is 47.3 Å². The number of carbonyl (C=O) groups excluding carboxylic acids is 1. The second kappa shape index (κ2) is 7.40. The number of hydrogen-bond acceptors (Lipinski definition) is 5. The Kier molecular flexibility index (Phi) is 4.97. The van der Waals surface area contributed by atoms with E-state index in [-0.39, 0.29) is 18.1 Å². The van der Waals surface area contributed by atoms with Crippen LogP contribution in [-0.4, -0.2) is 62.8 Å². The molecule has 7 nitrogen and oxygen atoms in total. The Labute approximate surface area is 159 Å². The van der Waals surface area contributed by atoms with Crippen molar-refractivity contribution >= 4 is 5.91 Å². The van der Waals surface area contributed by atoms with Gasteiger partial charge in [-0.3, -0.25) is 19.4 Å². The van der Waals surface area contributed by atoms with E-state index in [0.717, 1.165) is 56.1 Å². The van der Waals surface area contributed by atoms with Crippen molar-refractivity contribution in [3.63, 3.8) is 0 Å². The van der Waals surface area contributed by atoms with Gasteiger partial charge in [0.1, 0.15) is 5.69 Å². The number of aryl methyl sites for hydroxylation is 1. The Bertz CT molecular complexity index is 811. The van der Waals surface area contributed by atoms with E-state index in [4.69, 9.17) is 4.74 Å². The summed E-state index contributed by atoms with van der Waals surface area (Å²) in [6.07, 6.45) is 4.45. The molecule has 2 aromatic rings. The lowest BCUT2D eigenvalue weighted by atomic mass is 9.99. The number of pyridine rings is 1. The number of hydrogen-bond donors (Lipinski definition) is 0. The third-order valence-corrected chi connectivity index (χ3v) is 5.51. The molecule has 0 radical (unpaired) electrons. The van der Waals surface area contributed by atoms with E-state index in [2.05, 4.69) is 21.9 Å². The lowest BCUT2D eigenvalue weighted by molar-refractivity contribution is -0.00716. The van der Waals surface area contributed by atoms with E-state index < -0.39 is 0 Å². The molecule has 4 rings (SSSR count). The number of fused-ring (bicyclic) bond motifs is 1. The van der Waals surface area contributed by atoms with Crippen LogP contribution in [-0.2, 0) is 24.8 Å². The summed E-state index contributed by atoms with van der Waals surface area (Å²) in [4.78, 5) is 21.6. The van der Waals surface area contributed by atoms with Gasteiger partial charge < -0.3 is 9.64 Å². The minimum Gasteiger partial charge on any atom is -0.369 e. The molecule has 0 aromatic carbocycles. The molecule has 4 heterocycles. The smallest absolute Gasteiger partial charge is 0.272 e. The number of piperazine rings is 1. The summed E-state index contributed by atoms with van der Waals surface area (Å²) in [5.41, 5.74) is 3.96. The zero-order valence-electron chi connectivity index (χ0n) is 16.3. The van der Waals surface area contributed by atoms with E-state index in [0.29, 0.717) is 0 Å². The van der Waals surface area contributed by atoms with Crippen LogP contribution in [0.2, 0.25) is 0 Å². The predicted molar refractivity (Wildman–Crippen MR) is 101 cm³/mol. The average molecular weight is 369 g/mol. The van der Waals surface area contributed by atoms with Gasteiger partial charge >= 0.3 is 0 Å². The SMILES string of the molecule is C[C@@H]1Cc2c(nn(C)c2C(=O)N2CCN(Cc3ccncc3)CC2)[C@H](C)O1. The molecule has 2 aliphatic rings. The van der Waals surface area contributed by atoms with Crippen LogP contribution in [0.15, 0.2) is 24.5 Å². The molecule has 144 valence electrons. The van der Waals surface area contributed by atoms with Gasteiger partial charge in [-0.15, -0.1) is 0 Å². The van der Waals surface area contributed by atoms with E-state index in [9.17, 15) is 4.79 Å². The van der Waals surface area contributed by atoms with Crippen LogP contribution in [0.5, 0.6) is 0 Å². The van der Waals surface area contributed by atoms with Crippen molar-refractivity contribution in [2.45, 2.75) is 39.0 Å². The number of nitrogens with zero attached hydrogens (tertiary/aromatic N) is 5. The molecular formula is C20H27N5O2. The standard InChI is InChI=1S/C20H27N5O2/c1-14-12-17-18(15(2)27-14)22-23(3)19(17)20(26)25-10-8-24(9-11-25)13-16-4-6-21-7-5-16/h4-7,14-15H,8-13H2,1-3H3/t14-,15+/m1/s1. The first-order chi connectivity index (χ1) is 13.0. The number of rotatable bonds is 3. The highest BCUT2D eigenvalue weighted by Crippen LogP contribution is 2.31. The third-order valence-electron chi connectivity index (χ3n) is 5.51. The van der Waals surface area contributed by atoms with Crippen LogP contribution >= 0.6 is 0 Å². The van der Waals surface area contributed by atoms with Crippen LogP contribution in [0.25, 0.3) is 0 Å². The molecule has 0 saturated carbocycles. The van der Waals surface area contributed by atoms with Crippen LogP contribution < -0.4 is 0 Å². The molecule has 0 spiro atoms. The van der Waals surface area contributed by atoms with Crippen LogP contribution in [0, 0.1) is 0 Å². The quantitative estimate of drug-likeness (QED) is 0.825. The zero-order valence-corrected chi connectivity index (χ0v) is 16.3. The molecule has 1 fully saturated rings. The maximum absolute atomic E-state index is 13.2. The lowest BCUT2D eigenvalue weighted by Crippen LogP contribution is -2.48. The highest BCUT2D eigenvalue weighted by molar-refractivity contribution is 5.94. The van der Waals surface area contributed by atoms with E-state index in [1.54, 1.807) is 4.68 Å². The normalized spacial score (nSPS) is 23.3. The summed E-state index contributed by atoms with van der Waals surface area (Å²) in [5.74, 6) is 0.0936. The van der Waals surface area contributed by atoms with Gasteiger partial charge in [-0.05, 0) is 31.5 Å². The largest absolute Gasteiger partial charge is 0.369 e. The van der Waals surface area contributed by atoms with E-state index in [1.807, 2.05) is 43.4 Å². The highest BCUT2D eigenvalue weighted by atomic mass is 16.5. The number of aromatic nitrogens is 3. The Hall–Kier alpha value is -2.25. The number of ether oxygens (including phenoxy) is 1. The first-order valence-corrected chi connectivity index (χ1v) is 9.64. The molecule has 2 atom stereocenters. The Morgan fingerprint density at radius 2 is 1.89 bits per heavy atom. The van der Waals surface area contributed by atoms with Crippen molar-refractivity contribution < 1.29 is 9.53 Å². The van der Waals surface area contributed by atoms with Gasteiger partial charge in [-0.2, -0.15) is 5.10 Å². The molecule has 27 heavy (non-hydrogen) atoms. The number of amides is 1. The topological polar surface area (TPSA) is 63.5 Å². The number of carbonyl (C=O) groups is 1. The summed E-state index contributed by atoms with van der Waals surface area (Å²) in [5, 5.41) is 4.58. The van der Waals surface area contributed by atoms with E-state index >= 15 is 0 Å². The first-order valence-electron chi connectivity index (χ1n) is 9.64. The van der Waals surface area contributed by atoms with Crippen LogP contribution in [0.4, 0.5) is 0 Å². The molecule has 0 aliphatic carbocycles. The fraction of sp³-hybridized carbons (Fsp3) is 0.550. The molecule has 2 aliphatic heterocycles. The monoisotopic (exact) mass is 369 g/mol. The molecule has 1 saturated heterocycles. The van der Waals surface area contributed by atoms with Crippen molar-refractivity contribution in [3.8, 4) is 0 Å². The van der Waals surface area contributed by atoms with Gasteiger partial charge in [0, 0.05) is 64.1 Å².